The number of pyridine rings is 1. The predicted molar refractivity (Wildman–Crippen MR) is 77.2 cm³/mol. The maximum absolute atomic E-state index is 12.3. The van der Waals surface area contributed by atoms with E-state index in [-0.39, 0.29) is 5.91 Å². The second kappa shape index (κ2) is 5.26. The molecule has 0 aromatic carbocycles. The summed E-state index contributed by atoms with van der Waals surface area (Å²) in [6.07, 6.45) is 4.92. The maximum Gasteiger partial charge on any atom is 0.277 e. The number of furan rings is 1. The highest BCUT2D eigenvalue weighted by atomic mass is 32.1. The van der Waals surface area contributed by atoms with Crippen molar-refractivity contribution >= 4 is 29.3 Å². The van der Waals surface area contributed by atoms with Crippen molar-refractivity contribution in [2.24, 2.45) is 0 Å². The molecule has 2 aromatic rings. The summed E-state index contributed by atoms with van der Waals surface area (Å²) in [5, 5.41) is 3.27. The van der Waals surface area contributed by atoms with E-state index in [4.69, 9.17) is 16.6 Å². The number of nitrogens with one attached hydrogen (secondary N) is 1. The first kappa shape index (κ1) is 12.6. The van der Waals surface area contributed by atoms with Gasteiger partial charge >= 0.3 is 0 Å². The van der Waals surface area contributed by atoms with Crippen LogP contribution in [0.25, 0.3) is 6.08 Å². The van der Waals surface area contributed by atoms with E-state index in [2.05, 4.69) is 10.3 Å². The van der Waals surface area contributed by atoms with Gasteiger partial charge in [0.15, 0.2) is 5.11 Å². The van der Waals surface area contributed by atoms with Gasteiger partial charge in [-0.3, -0.25) is 14.7 Å². The Bertz CT molecular complexity index is 665. The van der Waals surface area contributed by atoms with E-state index >= 15 is 0 Å². The van der Waals surface area contributed by atoms with Gasteiger partial charge in [-0.1, -0.05) is 6.07 Å². The van der Waals surface area contributed by atoms with Crippen LogP contribution >= 0.6 is 12.2 Å². The quantitative estimate of drug-likeness (QED) is 0.690. The summed E-state index contributed by atoms with van der Waals surface area (Å²) in [6.45, 7) is 0.317. The van der Waals surface area contributed by atoms with Crippen LogP contribution in [0.1, 0.15) is 11.5 Å². The minimum Gasteiger partial charge on any atom is -0.467 e. The normalized spacial score (nSPS) is 16.8. The van der Waals surface area contributed by atoms with Gasteiger partial charge in [0.1, 0.15) is 11.5 Å². The number of hydrogen-bond acceptors (Lipinski definition) is 4. The van der Waals surface area contributed by atoms with Crippen LogP contribution in [-0.4, -0.2) is 20.9 Å². The third-order valence-electron chi connectivity index (χ3n) is 2.84. The molecule has 0 bridgehead atoms. The zero-order chi connectivity index (χ0) is 13.9. The van der Waals surface area contributed by atoms with Gasteiger partial charge in [-0.15, -0.1) is 0 Å². The number of rotatable bonds is 3. The fourth-order valence-corrected chi connectivity index (χ4v) is 2.14. The van der Waals surface area contributed by atoms with E-state index in [9.17, 15) is 4.79 Å². The summed E-state index contributed by atoms with van der Waals surface area (Å²) >= 11 is 5.18. The molecule has 0 atom stereocenters. The second-order valence-corrected chi connectivity index (χ2v) is 4.60. The molecule has 1 aliphatic heterocycles. The highest BCUT2D eigenvalue weighted by Crippen LogP contribution is 2.16. The summed E-state index contributed by atoms with van der Waals surface area (Å²) < 4.78 is 5.23. The van der Waals surface area contributed by atoms with E-state index in [0.717, 1.165) is 0 Å². The molecule has 6 heteroatoms. The predicted octanol–water partition coefficient (Wildman–Crippen LogP) is 1.93. The molecule has 1 N–H and O–H groups in total. The van der Waals surface area contributed by atoms with Crippen molar-refractivity contribution in [3.05, 3.63) is 59.9 Å². The molecule has 3 rings (SSSR count). The minimum atomic E-state index is -0.183. The van der Waals surface area contributed by atoms with Crippen LogP contribution in [0.2, 0.25) is 0 Å². The third kappa shape index (κ3) is 2.46. The number of carbonyl (C=O) groups is 1. The van der Waals surface area contributed by atoms with Gasteiger partial charge in [0, 0.05) is 6.20 Å². The first-order valence-electron chi connectivity index (χ1n) is 6.02. The number of amides is 1. The summed E-state index contributed by atoms with van der Waals surface area (Å²) in [4.78, 5) is 17.9. The zero-order valence-electron chi connectivity index (χ0n) is 10.4. The molecule has 3 heterocycles. The van der Waals surface area contributed by atoms with E-state index in [1.165, 1.54) is 4.90 Å². The molecule has 0 saturated carbocycles. The van der Waals surface area contributed by atoms with Crippen molar-refractivity contribution in [1.82, 2.24) is 15.2 Å². The number of carbonyl (C=O) groups excluding carboxylic acids is 1. The summed E-state index contributed by atoms with van der Waals surface area (Å²) in [5.74, 6) is 0.499. The van der Waals surface area contributed by atoms with E-state index in [1.54, 1.807) is 30.7 Å². The first-order chi connectivity index (χ1) is 9.74. The monoisotopic (exact) mass is 285 g/mol. The van der Waals surface area contributed by atoms with Crippen LogP contribution in [0.5, 0.6) is 0 Å². The van der Waals surface area contributed by atoms with Crippen molar-refractivity contribution in [1.29, 1.82) is 0 Å². The molecule has 0 unspecified atom stereocenters. The van der Waals surface area contributed by atoms with Gasteiger partial charge in [-0.25, -0.2) is 0 Å². The molecular weight excluding hydrogens is 274 g/mol. The fourth-order valence-electron chi connectivity index (χ4n) is 1.88. The minimum absolute atomic E-state index is 0.183. The number of nitrogens with zero attached hydrogens (tertiary/aromatic N) is 2. The smallest absolute Gasteiger partial charge is 0.277 e. The van der Waals surface area contributed by atoms with Crippen LogP contribution < -0.4 is 5.32 Å². The first-order valence-corrected chi connectivity index (χ1v) is 6.43. The molecule has 1 saturated heterocycles. The Labute approximate surface area is 120 Å². The maximum atomic E-state index is 12.3. The SMILES string of the molecule is O=C1/C(=C\c2ccccn2)NC(=S)N1Cc1ccco1. The van der Waals surface area contributed by atoms with Crippen LogP contribution in [0.15, 0.2) is 52.9 Å². The molecule has 0 radical (unpaired) electrons. The Morgan fingerprint density at radius 2 is 2.25 bits per heavy atom. The van der Waals surface area contributed by atoms with Gasteiger partial charge in [0.25, 0.3) is 5.91 Å². The molecule has 0 spiro atoms. The molecule has 2 aromatic heterocycles. The standard InChI is InChI=1S/C14H11N3O2S/c18-13-12(8-10-4-1-2-6-15-10)16-14(20)17(13)9-11-5-3-7-19-11/h1-8H,9H2,(H,16,20)/b12-8+. The third-order valence-corrected chi connectivity index (χ3v) is 3.16. The lowest BCUT2D eigenvalue weighted by Gasteiger charge is -2.11. The molecule has 20 heavy (non-hydrogen) atoms. The second-order valence-electron chi connectivity index (χ2n) is 4.21. The Morgan fingerprint density at radius 1 is 1.35 bits per heavy atom. The Kier molecular flexibility index (Phi) is 3.30. The zero-order valence-corrected chi connectivity index (χ0v) is 11.3. The molecule has 1 aliphatic rings. The summed E-state index contributed by atoms with van der Waals surface area (Å²) in [6, 6.07) is 9.07. The van der Waals surface area contributed by atoms with Crippen molar-refractivity contribution in [3.63, 3.8) is 0 Å². The van der Waals surface area contributed by atoms with Crippen molar-refractivity contribution in [2.45, 2.75) is 6.54 Å². The van der Waals surface area contributed by atoms with Crippen LogP contribution in [0, 0.1) is 0 Å². The molecule has 1 fully saturated rings. The molecule has 100 valence electrons. The number of thiocarbonyl (C=S) groups is 1. The molecule has 1 amide bonds. The van der Waals surface area contributed by atoms with Gasteiger partial charge in [-0.2, -0.15) is 0 Å². The van der Waals surface area contributed by atoms with E-state index in [0.29, 0.717) is 28.8 Å². The van der Waals surface area contributed by atoms with Crippen LogP contribution in [0.3, 0.4) is 0 Å². The lowest BCUT2D eigenvalue weighted by molar-refractivity contribution is -0.122. The lowest BCUT2D eigenvalue weighted by atomic mass is 10.3. The summed E-state index contributed by atoms with van der Waals surface area (Å²) in [7, 11) is 0. The van der Waals surface area contributed by atoms with E-state index < -0.39 is 0 Å². The van der Waals surface area contributed by atoms with Gasteiger partial charge < -0.3 is 9.73 Å². The number of hydrogen-bond donors (Lipinski definition) is 1. The lowest BCUT2D eigenvalue weighted by Crippen LogP contribution is -2.29. The largest absolute Gasteiger partial charge is 0.467 e. The van der Waals surface area contributed by atoms with E-state index in [1.807, 2.05) is 18.2 Å². The average Bonchev–Trinajstić information content (AvgIpc) is 3.05. The molecule has 5 nitrogen and oxygen atoms in total. The van der Waals surface area contributed by atoms with Gasteiger partial charge in [0.2, 0.25) is 0 Å². The highest BCUT2D eigenvalue weighted by Gasteiger charge is 2.31. The van der Waals surface area contributed by atoms with Crippen molar-refractivity contribution in [2.75, 3.05) is 0 Å². The number of aromatic nitrogens is 1. The van der Waals surface area contributed by atoms with Crippen molar-refractivity contribution in [3.8, 4) is 0 Å². The van der Waals surface area contributed by atoms with Gasteiger partial charge in [-0.05, 0) is 42.6 Å². The Morgan fingerprint density at radius 3 is 2.95 bits per heavy atom. The summed E-state index contributed by atoms with van der Waals surface area (Å²) in [5.41, 5.74) is 1.12. The molecular formula is C14H11N3O2S. The molecule has 0 aliphatic carbocycles. The fraction of sp³-hybridized carbons (Fsp3) is 0.0714. The van der Waals surface area contributed by atoms with Crippen LogP contribution in [-0.2, 0) is 11.3 Å². The van der Waals surface area contributed by atoms with Crippen molar-refractivity contribution < 1.29 is 9.21 Å². The highest BCUT2D eigenvalue weighted by molar-refractivity contribution is 7.80. The average molecular weight is 285 g/mol. The topological polar surface area (TPSA) is 58.4 Å². The Balaban J connectivity index is 1.82. The van der Waals surface area contributed by atoms with Crippen LogP contribution in [0.4, 0.5) is 0 Å². The Hall–Kier alpha value is -2.47. The van der Waals surface area contributed by atoms with Gasteiger partial charge in [0.05, 0.1) is 18.5 Å².